The summed E-state index contributed by atoms with van der Waals surface area (Å²) >= 11 is 0. The Hall–Kier alpha value is -2.34. The van der Waals surface area contributed by atoms with Crippen LogP contribution >= 0.6 is 0 Å². The summed E-state index contributed by atoms with van der Waals surface area (Å²) in [6.07, 6.45) is 0.908. The molecule has 6 nitrogen and oxygen atoms in total. The second kappa shape index (κ2) is 6.72. The summed E-state index contributed by atoms with van der Waals surface area (Å²) in [5, 5.41) is 21.9. The van der Waals surface area contributed by atoms with Crippen LogP contribution in [0.1, 0.15) is 22.9 Å². The first-order valence-corrected chi connectivity index (χ1v) is 6.40. The third kappa shape index (κ3) is 3.83. The molecular weight excluding hydrogens is 256 g/mol. The van der Waals surface area contributed by atoms with Gasteiger partial charge in [-0.15, -0.1) is 0 Å². The predicted octanol–water partition coefficient (Wildman–Crippen LogP) is 1.25. The number of rotatable bonds is 5. The van der Waals surface area contributed by atoms with Gasteiger partial charge in [-0.1, -0.05) is 24.3 Å². The Labute approximate surface area is 117 Å². The highest BCUT2D eigenvalue weighted by Gasteiger charge is 2.11. The molecule has 1 unspecified atom stereocenters. The fourth-order valence-electron chi connectivity index (χ4n) is 1.88. The Morgan fingerprint density at radius 2 is 2.15 bits per heavy atom. The summed E-state index contributed by atoms with van der Waals surface area (Å²) in [7, 11) is 0. The van der Waals surface area contributed by atoms with Crippen molar-refractivity contribution in [3.8, 4) is 0 Å². The molecule has 0 saturated heterocycles. The van der Waals surface area contributed by atoms with E-state index >= 15 is 0 Å². The second-order valence-electron chi connectivity index (χ2n) is 4.52. The van der Waals surface area contributed by atoms with Gasteiger partial charge in [0.05, 0.1) is 18.3 Å². The number of aryl methyl sites for hydroxylation is 1. The lowest BCUT2D eigenvalue weighted by Crippen LogP contribution is -2.37. The number of nitrogens with one attached hydrogen (secondary N) is 3. The van der Waals surface area contributed by atoms with Crippen molar-refractivity contribution >= 4 is 6.03 Å². The molecule has 0 radical (unpaired) electrons. The van der Waals surface area contributed by atoms with Crippen molar-refractivity contribution in [2.45, 2.75) is 19.6 Å². The molecule has 1 aromatic heterocycles. The van der Waals surface area contributed by atoms with Crippen LogP contribution in [0.3, 0.4) is 0 Å². The zero-order valence-electron chi connectivity index (χ0n) is 11.3. The molecule has 0 saturated carbocycles. The normalized spacial score (nSPS) is 11.9. The molecule has 1 atom stereocenters. The standard InChI is InChI=1S/C14H18N4O2/c1-10-4-2-3-5-12(10)13(19)9-16-14(20)15-8-11-6-7-17-18-11/h2-7,13,19H,8-9H2,1H3,(H,17,18)(H2,15,16,20). The number of benzene rings is 1. The lowest BCUT2D eigenvalue weighted by molar-refractivity contribution is 0.172. The van der Waals surface area contributed by atoms with Crippen molar-refractivity contribution < 1.29 is 9.90 Å². The van der Waals surface area contributed by atoms with Gasteiger partial charge in [-0.3, -0.25) is 5.10 Å². The maximum atomic E-state index is 11.6. The minimum absolute atomic E-state index is 0.166. The topological polar surface area (TPSA) is 90.0 Å². The lowest BCUT2D eigenvalue weighted by atomic mass is 10.0. The number of hydrogen-bond donors (Lipinski definition) is 4. The van der Waals surface area contributed by atoms with Crippen molar-refractivity contribution in [3.05, 3.63) is 53.3 Å². The van der Waals surface area contributed by atoms with Gasteiger partial charge in [-0.05, 0) is 24.1 Å². The van der Waals surface area contributed by atoms with Crippen LogP contribution in [0.2, 0.25) is 0 Å². The molecule has 0 aliphatic carbocycles. The first-order valence-electron chi connectivity index (χ1n) is 6.40. The van der Waals surface area contributed by atoms with Gasteiger partial charge in [0.1, 0.15) is 0 Å². The summed E-state index contributed by atoms with van der Waals surface area (Å²) in [5.74, 6) is 0. The zero-order chi connectivity index (χ0) is 14.4. The van der Waals surface area contributed by atoms with Crippen molar-refractivity contribution in [2.75, 3.05) is 6.54 Å². The number of amides is 2. The molecule has 2 amide bonds. The molecule has 4 N–H and O–H groups in total. The van der Waals surface area contributed by atoms with Gasteiger partial charge in [0.15, 0.2) is 0 Å². The Morgan fingerprint density at radius 3 is 2.85 bits per heavy atom. The van der Waals surface area contributed by atoms with Crippen LogP contribution < -0.4 is 10.6 Å². The average Bonchev–Trinajstić information content (AvgIpc) is 2.96. The average molecular weight is 274 g/mol. The molecule has 0 fully saturated rings. The summed E-state index contributed by atoms with van der Waals surface area (Å²) in [4.78, 5) is 11.6. The van der Waals surface area contributed by atoms with E-state index in [1.165, 1.54) is 0 Å². The first kappa shape index (κ1) is 14.1. The van der Waals surface area contributed by atoms with Gasteiger partial charge in [-0.25, -0.2) is 4.79 Å². The third-order valence-corrected chi connectivity index (χ3v) is 3.00. The fourth-order valence-corrected chi connectivity index (χ4v) is 1.88. The second-order valence-corrected chi connectivity index (χ2v) is 4.52. The predicted molar refractivity (Wildman–Crippen MR) is 75.0 cm³/mol. The van der Waals surface area contributed by atoms with E-state index in [1.54, 1.807) is 12.3 Å². The Morgan fingerprint density at radius 1 is 1.35 bits per heavy atom. The maximum Gasteiger partial charge on any atom is 0.315 e. The molecule has 0 spiro atoms. The molecule has 6 heteroatoms. The molecule has 0 aliphatic rings. The number of carbonyl (C=O) groups is 1. The van der Waals surface area contributed by atoms with Gasteiger partial charge in [0, 0.05) is 12.7 Å². The number of aromatic amines is 1. The Bertz CT molecular complexity index is 554. The maximum absolute atomic E-state index is 11.6. The van der Waals surface area contributed by atoms with Crippen LogP contribution in [-0.2, 0) is 6.54 Å². The van der Waals surface area contributed by atoms with Crippen molar-refractivity contribution in [1.82, 2.24) is 20.8 Å². The summed E-state index contributed by atoms with van der Waals surface area (Å²) < 4.78 is 0. The first-order chi connectivity index (χ1) is 9.66. The van der Waals surface area contributed by atoms with Gasteiger partial charge < -0.3 is 15.7 Å². The van der Waals surface area contributed by atoms with Crippen LogP contribution in [-0.4, -0.2) is 27.9 Å². The Kier molecular flexibility index (Phi) is 4.73. The summed E-state index contributed by atoms with van der Waals surface area (Å²) in [6, 6.07) is 9.01. The quantitative estimate of drug-likeness (QED) is 0.661. The molecule has 1 heterocycles. The van der Waals surface area contributed by atoms with Crippen LogP contribution in [0.5, 0.6) is 0 Å². The number of H-pyrrole nitrogens is 1. The van der Waals surface area contributed by atoms with E-state index in [1.807, 2.05) is 31.2 Å². The Balaban J connectivity index is 1.77. The van der Waals surface area contributed by atoms with E-state index in [9.17, 15) is 9.90 Å². The van der Waals surface area contributed by atoms with Gasteiger partial charge in [0.25, 0.3) is 0 Å². The van der Waals surface area contributed by atoms with Crippen LogP contribution in [0.25, 0.3) is 0 Å². The number of urea groups is 1. The number of carbonyl (C=O) groups excluding carboxylic acids is 1. The van der Waals surface area contributed by atoms with Gasteiger partial charge in [-0.2, -0.15) is 5.10 Å². The minimum Gasteiger partial charge on any atom is -0.387 e. The minimum atomic E-state index is -0.714. The molecule has 2 rings (SSSR count). The highest BCUT2D eigenvalue weighted by molar-refractivity contribution is 5.73. The smallest absolute Gasteiger partial charge is 0.315 e. The summed E-state index contributed by atoms with van der Waals surface area (Å²) in [5.41, 5.74) is 2.64. The monoisotopic (exact) mass is 274 g/mol. The molecule has 106 valence electrons. The molecule has 0 aliphatic heterocycles. The van der Waals surface area contributed by atoms with E-state index in [-0.39, 0.29) is 12.6 Å². The molecule has 1 aromatic carbocycles. The molecule has 2 aromatic rings. The summed E-state index contributed by atoms with van der Waals surface area (Å²) in [6.45, 7) is 2.46. The van der Waals surface area contributed by atoms with Gasteiger partial charge in [0.2, 0.25) is 0 Å². The highest BCUT2D eigenvalue weighted by atomic mass is 16.3. The number of aromatic nitrogens is 2. The van der Waals surface area contributed by atoms with E-state index in [2.05, 4.69) is 20.8 Å². The van der Waals surface area contributed by atoms with Crippen LogP contribution in [0, 0.1) is 6.92 Å². The number of aliphatic hydroxyl groups excluding tert-OH is 1. The largest absolute Gasteiger partial charge is 0.387 e. The van der Waals surface area contributed by atoms with Crippen molar-refractivity contribution in [3.63, 3.8) is 0 Å². The SMILES string of the molecule is Cc1ccccc1C(O)CNC(=O)NCc1ccn[nH]1. The molecular formula is C14H18N4O2. The van der Waals surface area contributed by atoms with Crippen molar-refractivity contribution in [2.24, 2.45) is 0 Å². The number of aliphatic hydroxyl groups is 1. The van der Waals surface area contributed by atoms with E-state index in [0.717, 1.165) is 16.8 Å². The number of hydrogen-bond acceptors (Lipinski definition) is 3. The lowest BCUT2D eigenvalue weighted by Gasteiger charge is -2.14. The molecule has 20 heavy (non-hydrogen) atoms. The van der Waals surface area contributed by atoms with Crippen LogP contribution in [0.15, 0.2) is 36.5 Å². The highest BCUT2D eigenvalue weighted by Crippen LogP contribution is 2.15. The third-order valence-electron chi connectivity index (χ3n) is 3.00. The van der Waals surface area contributed by atoms with E-state index in [0.29, 0.717) is 6.54 Å². The van der Waals surface area contributed by atoms with Gasteiger partial charge >= 0.3 is 6.03 Å². The van der Waals surface area contributed by atoms with E-state index in [4.69, 9.17) is 0 Å². The fraction of sp³-hybridized carbons (Fsp3) is 0.286. The van der Waals surface area contributed by atoms with E-state index < -0.39 is 6.10 Å². The van der Waals surface area contributed by atoms with Crippen molar-refractivity contribution in [1.29, 1.82) is 0 Å². The molecule has 0 bridgehead atoms. The van der Waals surface area contributed by atoms with Crippen LogP contribution in [0.4, 0.5) is 4.79 Å². The number of nitrogens with zero attached hydrogens (tertiary/aromatic N) is 1. The zero-order valence-corrected chi connectivity index (χ0v) is 11.3.